The van der Waals surface area contributed by atoms with Crippen molar-refractivity contribution in [1.82, 2.24) is 19.9 Å². The summed E-state index contributed by atoms with van der Waals surface area (Å²) >= 11 is 1.77. The van der Waals surface area contributed by atoms with Crippen molar-refractivity contribution in [3.63, 3.8) is 0 Å². The van der Waals surface area contributed by atoms with Crippen LogP contribution in [-0.2, 0) is 13.0 Å². The van der Waals surface area contributed by atoms with Crippen molar-refractivity contribution in [2.45, 2.75) is 33.7 Å². The van der Waals surface area contributed by atoms with Gasteiger partial charge in [0, 0.05) is 44.3 Å². The molecule has 0 aliphatic carbocycles. The fourth-order valence-corrected chi connectivity index (χ4v) is 3.49. The van der Waals surface area contributed by atoms with Crippen LogP contribution in [0.4, 0.5) is 5.82 Å². The Morgan fingerprint density at radius 2 is 1.91 bits per heavy atom. The molecule has 1 fully saturated rings. The molecule has 22 heavy (non-hydrogen) atoms. The van der Waals surface area contributed by atoms with Gasteiger partial charge in [0.2, 0.25) is 0 Å². The maximum Gasteiger partial charge on any atom is 0.150 e. The van der Waals surface area contributed by atoms with Crippen LogP contribution < -0.4 is 4.90 Å². The summed E-state index contributed by atoms with van der Waals surface area (Å²) in [5.41, 5.74) is 3.21. The van der Waals surface area contributed by atoms with E-state index in [1.807, 2.05) is 20.0 Å². The van der Waals surface area contributed by atoms with Crippen molar-refractivity contribution in [1.29, 1.82) is 0 Å². The molecule has 0 spiro atoms. The second kappa shape index (κ2) is 6.71. The third-order valence-electron chi connectivity index (χ3n) is 4.01. The van der Waals surface area contributed by atoms with E-state index in [0.717, 1.165) is 56.4 Å². The Bertz CT molecular complexity index is 631. The van der Waals surface area contributed by atoms with Crippen LogP contribution in [0.1, 0.15) is 29.0 Å². The van der Waals surface area contributed by atoms with Crippen LogP contribution in [0.15, 0.2) is 11.6 Å². The summed E-state index contributed by atoms with van der Waals surface area (Å²) in [6, 6.07) is 0. The van der Waals surface area contributed by atoms with E-state index in [0.29, 0.717) is 0 Å². The van der Waals surface area contributed by atoms with Gasteiger partial charge in [0.05, 0.1) is 22.1 Å². The first-order valence-corrected chi connectivity index (χ1v) is 8.74. The van der Waals surface area contributed by atoms with Crippen molar-refractivity contribution < 1.29 is 0 Å². The van der Waals surface area contributed by atoms with Crippen molar-refractivity contribution in [2.75, 3.05) is 31.1 Å². The maximum absolute atomic E-state index is 4.67. The van der Waals surface area contributed by atoms with Gasteiger partial charge in [-0.2, -0.15) is 0 Å². The summed E-state index contributed by atoms with van der Waals surface area (Å²) in [6.07, 6.45) is 2.87. The molecule has 0 radical (unpaired) electrons. The van der Waals surface area contributed by atoms with E-state index in [1.165, 1.54) is 10.7 Å². The number of aromatic nitrogens is 3. The largest absolute Gasteiger partial charge is 0.353 e. The van der Waals surface area contributed by atoms with Crippen LogP contribution in [-0.4, -0.2) is 46.0 Å². The minimum absolute atomic E-state index is 0.961. The molecule has 0 saturated carbocycles. The van der Waals surface area contributed by atoms with Crippen LogP contribution in [0, 0.1) is 13.8 Å². The molecule has 0 aromatic carbocycles. The molecule has 1 saturated heterocycles. The molecule has 3 heterocycles. The maximum atomic E-state index is 4.67. The number of thiazole rings is 1. The number of aryl methyl sites for hydroxylation is 3. The Morgan fingerprint density at radius 3 is 2.59 bits per heavy atom. The molecule has 1 aliphatic heterocycles. The van der Waals surface area contributed by atoms with Gasteiger partial charge < -0.3 is 4.90 Å². The van der Waals surface area contributed by atoms with E-state index in [1.54, 1.807) is 11.3 Å². The van der Waals surface area contributed by atoms with Crippen LogP contribution in [0.3, 0.4) is 0 Å². The highest BCUT2D eigenvalue weighted by atomic mass is 32.1. The minimum atomic E-state index is 0.961. The molecule has 0 unspecified atom stereocenters. The zero-order chi connectivity index (χ0) is 15.5. The van der Waals surface area contributed by atoms with Crippen LogP contribution >= 0.6 is 11.3 Å². The van der Waals surface area contributed by atoms with Gasteiger partial charge in [0.15, 0.2) is 0 Å². The highest BCUT2D eigenvalue weighted by Crippen LogP contribution is 2.19. The van der Waals surface area contributed by atoms with E-state index in [-0.39, 0.29) is 0 Å². The minimum Gasteiger partial charge on any atom is -0.353 e. The molecule has 3 rings (SSSR count). The predicted molar refractivity (Wildman–Crippen MR) is 90.5 cm³/mol. The van der Waals surface area contributed by atoms with E-state index >= 15 is 0 Å². The Balaban J connectivity index is 1.59. The lowest BCUT2D eigenvalue weighted by molar-refractivity contribution is 0.246. The predicted octanol–water partition coefficient (Wildman–Crippen LogP) is 2.43. The lowest BCUT2D eigenvalue weighted by Gasteiger charge is -2.35. The topological polar surface area (TPSA) is 45.2 Å². The average Bonchev–Trinajstić information content (AvgIpc) is 2.98. The first kappa shape index (κ1) is 15.4. The highest BCUT2D eigenvalue weighted by molar-refractivity contribution is 7.09. The normalized spacial score (nSPS) is 16.2. The summed E-state index contributed by atoms with van der Waals surface area (Å²) < 4.78 is 0. The van der Waals surface area contributed by atoms with E-state index < -0.39 is 0 Å². The van der Waals surface area contributed by atoms with Gasteiger partial charge in [0.25, 0.3) is 0 Å². The summed E-state index contributed by atoms with van der Waals surface area (Å²) in [7, 11) is 0. The molecule has 118 valence electrons. The number of hydrogen-bond acceptors (Lipinski definition) is 6. The number of anilines is 1. The molecule has 0 bridgehead atoms. The molecular formula is C16H23N5S. The van der Waals surface area contributed by atoms with Gasteiger partial charge in [-0.1, -0.05) is 6.92 Å². The molecule has 0 N–H and O–H groups in total. The zero-order valence-electron chi connectivity index (χ0n) is 13.5. The lowest BCUT2D eigenvalue weighted by atomic mass is 10.2. The molecule has 1 aliphatic rings. The SMILES string of the molecule is CCc1nc(CN2CCN(c3nc(C)cnc3C)CC2)cs1. The quantitative estimate of drug-likeness (QED) is 0.866. The standard InChI is InChI=1S/C16H23N5S/c1-4-15-19-14(11-22-15)10-20-5-7-21(8-6-20)16-13(3)17-9-12(2)18-16/h9,11H,4-8,10H2,1-3H3. The Hall–Kier alpha value is -1.53. The van der Waals surface area contributed by atoms with Gasteiger partial charge in [-0.3, -0.25) is 9.88 Å². The molecule has 2 aromatic heterocycles. The number of hydrogen-bond donors (Lipinski definition) is 0. The number of rotatable bonds is 4. The summed E-state index contributed by atoms with van der Waals surface area (Å²) in [5.74, 6) is 1.04. The highest BCUT2D eigenvalue weighted by Gasteiger charge is 2.20. The fourth-order valence-electron chi connectivity index (χ4n) is 2.76. The van der Waals surface area contributed by atoms with Crippen molar-refractivity contribution in [3.8, 4) is 0 Å². The number of piperazine rings is 1. The molecular weight excluding hydrogens is 294 g/mol. The first-order valence-electron chi connectivity index (χ1n) is 7.86. The van der Waals surface area contributed by atoms with Gasteiger partial charge in [0.1, 0.15) is 5.82 Å². The zero-order valence-corrected chi connectivity index (χ0v) is 14.4. The second-order valence-electron chi connectivity index (χ2n) is 5.77. The summed E-state index contributed by atoms with van der Waals surface area (Å²) in [4.78, 5) is 18.6. The smallest absolute Gasteiger partial charge is 0.150 e. The van der Waals surface area contributed by atoms with Crippen LogP contribution in [0.25, 0.3) is 0 Å². The lowest BCUT2D eigenvalue weighted by Crippen LogP contribution is -2.46. The Kier molecular flexibility index (Phi) is 4.69. The van der Waals surface area contributed by atoms with E-state index in [9.17, 15) is 0 Å². The van der Waals surface area contributed by atoms with Gasteiger partial charge >= 0.3 is 0 Å². The molecule has 2 aromatic rings. The van der Waals surface area contributed by atoms with Crippen LogP contribution in [0.5, 0.6) is 0 Å². The van der Waals surface area contributed by atoms with Crippen molar-refractivity contribution in [3.05, 3.63) is 33.7 Å². The van der Waals surface area contributed by atoms with Gasteiger partial charge in [-0.05, 0) is 20.3 Å². The number of nitrogens with zero attached hydrogens (tertiary/aromatic N) is 5. The molecule has 0 amide bonds. The Labute approximate surface area is 136 Å². The summed E-state index contributed by atoms with van der Waals surface area (Å²) in [6.45, 7) is 11.3. The average molecular weight is 317 g/mol. The first-order chi connectivity index (χ1) is 10.7. The monoisotopic (exact) mass is 317 g/mol. The molecule has 5 nitrogen and oxygen atoms in total. The third-order valence-corrected chi connectivity index (χ3v) is 5.05. The fraction of sp³-hybridized carbons (Fsp3) is 0.562. The Morgan fingerprint density at radius 1 is 1.14 bits per heavy atom. The summed E-state index contributed by atoms with van der Waals surface area (Å²) in [5, 5.41) is 3.43. The van der Waals surface area contributed by atoms with Crippen LogP contribution in [0.2, 0.25) is 0 Å². The second-order valence-corrected chi connectivity index (χ2v) is 6.71. The van der Waals surface area contributed by atoms with Gasteiger partial charge in [-0.15, -0.1) is 11.3 Å². The van der Waals surface area contributed by atoms with Crippen molar-refractivity contribution >= 4 is 17.2 Å². The van der Waals surface area contributed by atoms with E-state index in [2.05, 4.69) is 37.1 Å². The molecule has 0 atom stereocenters. The van der Waals surface area contributed by atoms with Gasteiger partial charge in [-0.25, -0.2) is 9.97 Å². The molecule has 6 heteroatoms. The third kappa shape index (κ3) is 3.44. The van der Waals surface area contributed by atoms with E-state index in [4.69, 9.17) is 0 Å². The van der Waals surface area contributed by atoms with Crippen molar-refractivity contribution in [2.24, 2.45) is 0 Å².